The lowest BCUT2D eigenvalue weighted by Crippen LogP contribution is -2.31. The van der Waals surface area contributed by atoms with E-state index >= 15 is 0 Å². The molecule has 1 atom stereocenters. The molecule has 2 heterocycles. The minimum Gasteiger partial charge on any atom is -0.349 e. The first kappa shape index (κ1) is 14.2. The first-order valence-corrected chi connectivity index (χ1v) is 6.83. The van der Waals surface area contributed by atoms with Crippen molar-refractivity contribution in [2.45, 2.75) is 32.7 Å². The summed E-state index contributed by atoms with van der Waals surface area (Å²) >= 11 is 0. The number of amides is 1. The molecule has 5 heteroatoms. The predicted octanol–water partition coefficient (Wildman–Crippen LogP) is 2.25. The number of carbonyl (C=O) groups excluding carboxylic acids is 1. The van der Waals surface area contributed by atoms with Crippen molar-refractivity contribution in [3.05, 3.63) is 48.0 Å². The zero-order chi connectivity index (χ0) is 14.4. The Bertz CT molecular complexity index is 522. The van der Waals surface area contributed by atoms with E-state index in [1.54, 1.807) is 18.6 Å². The average Bonchev–Trinajstić information content (AvgIpc) is 2.96. The average molecular weight is 272 g/mol. The van der Waals surface area contributed by atoms with Crippen molar-refractivity contribution in [3.63, 3.8) is 0 Å². The van der Waals surface area contributed by atoms with Crippen LogP contribution in [0.1, 0.15) is 37.4 Å². The second-order valence-corrected chi connectivity index (χ2v) is 5.18. The Kier molecular flexibility index (Phi) is 4.87. The number of hydrogen-bond acceptors (Lipinski definition) is 3. The number of aromatic nitrogens is 3. The zero-order valence-electron chi connectivity index (χ0n) is 11.8. The molecule has 1 amide bonds. The summed E-state index contributed by atoms with van der Waals surface area (Å²) in [4.78, 5) is 16.2. The standard InChI is InChI=1S/C15H20N4O/c1-11(2)15(13-4-3-7-16-10-13)19-14(20)6-5-12-8-17-18-9-12/h3-4,7-11,15H,5-6H2,1-2H3,(H,17,18)(H,19,20)/t15-/m0/s1. The van der Waals surface area contributed by atoms with E-state index in [1.165, 1.54) is 0 Å². The van der Waals surface area contributed by atoms with Gasteiger partial charge in [-0.2, -0.15) is 5.10 Å². The molecule has 2 aromatic rings. The van der Waals surface area contributed by atoms with Crippen molar-refractivity contribution < 1.29 is 4.79 Å². The Morgan fingerprint density at radius 1 is 1.40 bits per heavy atom. The summed E-state index contributed by atoms with van der Waals surface area (Å²) in [5.41, 5.74) is 2.08. The van der Waals surface area contributed by atoms with Crippen LogP contribution in [0.15, 0.2) is 36.9 Å². The first-order chi connectivity index (χ1) is 9.66. The van der Waals surface area contributed by atoms with Gasteiger partial charge in [0.15, 0.2) is 0 Å². The van der Waals surface area contributed by atoms with E-state index in [-0.39, 0.29) is 11.9 Å². The lowest BCUT2D eigenvalue weighted by atomic mass is 9.97. The Morgan fingerprint density at radius 2 is 2.25 bits per heavy atom. The van der Waals surface area contributed by atoms with Gasteiger partial charge in [-0.25, -0.2) is 0 Å². The lowest BCUT2D eigenvalue weighted by molar-refractivity contribution is -0.122. The first-order valence-electron chi connectivity index (χ1n) is 6.83. The van der Waals surface area contributed by atoms with Gasteiger partial charge in [0.2, 0.25) is 5.91 Å². The molecule has 0 radical (unpaired) electrons. The van der Waals surface area contributed by atoms with Gasteiger partial charge >= 0.3 is 0 Å². The molecule has 0 aliphatic heterocycles. The summed E-state index contributed by atoms with van der Waals surface area (Å²) in [5.74, 6) is 0.367. The van der Waals surface area contributed by atoms with Gasteiger partial charge in [0.25, 0.3) is 0 Å². The van der Waals surface area contributed by atoms with Crippen molar-refractivity contribution >= 4 is 5.91 Å². The van der Waals surface area contributed by atoms with Gasteiger partial charge < -0.3 is 5.32 Å². The van der Waals surface area contributed by atoms with E-state index in [1.807, 2.05) is 18.3 Å². The number of pyridine rings is 1. The summed E-state index contributed by atoms with van der Waals surface area (Å²) in [6.45, 7) is 4.18. The molecule has 2 aromatic heterocycles. The number of carbonyl (C=O) groups is 1. The normalized spacial score (nSPS) is 12.3. The fourth-order valence-electron chi connectivity index (χ4n) is 2.11. The van der Waals surface area contributed by atoms with Crippen molar-refractivity contribution in [1.29, 1.82) is 0 Å². The van der Waals surface area contributed by atoms with Crippen LogP contribution in [0.4, 0.5) is 0 Å². The molecule has 0 aliphatic rings. The van der Waals surface area contributed by atoms with E-state index in [9.17, 15) is 4.79 Å². The molecule has 0 saturated carbocycles. The summed E-state index contributed by atoms with van der Waals surface area (Å²) in [5, 5.41) is 9.71. The number of nitrogens with one attached hydrogen (secondary N) is 2. The molecule has 5 nitrogen and oxygen atoms in total. The number of nitrogens with zero attached hydrogens (tertiary/aromatic N) is 2. The highest BCUT2D eigenvalue weighted by atomic mass is 16.1. The van der Waals surface area contributed by atoms with E-state index in [0.717, 1.165) is 11.1 Å². The Morgan fingerprint density at radius 3 is 2.85 bits per heavy atom. The highest BCUT2D eigenvalue weighted by Gasteiger charge is 2.18. The van der Waals surface area contributed by atoms with Crippen LogP contribution >= 0.6 is 0 Å². The van der Waals surface area contributed by atoms with Gasteiger partial charge in [0.1, 0.15) is 0 Å². The van der Waals surface area contributed by atoms with Gasteiger partial charge in [0.05, 0.1) is 12.2 Å². The second-order valence-electron chi connectivity index (χ2n) is 5.18. The quantitative estimate of drug-likeness (QED) is 0.847. The van der Waals surface area contributed by atoms with Crippen LogP contribution in [0.25, 0.3) is 0 Å². The van der Waals surface area contributed by atoms with Crippen LogP contribution in [-0.2, 0) is 11.2 Å². The van der Waals surface area contributed by atoms with Crippen LogP contribution < -0.4 is 5.32 Å². The third kappa shape index (κ3) is 3.91. The third-order valence-corrected chi connectivity index (χ3v) is 3.22. The van der Waals surface area contributed by atoms with E-state index in [0.29, 0.717) is 18.8 Å². The van der Waals surface area contributed by atoms with Gasteiger partial charge in [0, 0.05) is 25.0 Å². The fraction of sp³-hybridized carbons (Fsp3) is 0.400. The van der Waals surface area contributed by atoms with Crippen molar-refractivity contribution in [3.8, 4) is 0 Å². The molecule has 0 aliphatic carbocycles. The fourth-order valence-corrected chi connectivity index (χ4v) is 2.11. The molecule has 0 fully saturated rings. The Labute approximate surface area is 118 Å². The summed E-state index contributed by atoms with van der Waals surface area (Å²) < 4.78 is 0. The maximum Gasteiger partial charge on any atom is 0.220 e. The molecule has 0 bridgehead atoms. The Hall–Kier alpha value is -2.17. The molecule has 2 N–H and O–H groups in total. The van der Waals surface area contributed by atoms with Crippen LogP contribution in [0, 0.1) is 5.92 Å². The van der Waals surface area contributed by atoms with Gasteiger partial charge in [-0.3, -0.25) is 14.9 Å². The molecule has 0 saturated heterocycles. The SMILES string of the molecule is CC(C)[C@H](NC(=O)CCc1cn[nH]c1)c1cccnc1. The summed E-state index contributed by atoms with van der Waals surface area (Å²) in [7, 11) is 0. The van der Waals surface area contributed by atoms with Gasteiger partial charge in [-0.15, -0.1) is 0 Å². The highest BCUT2D eigenvalue weighted by molar-refractivity contribution is 5.76. The maximum absolute atomic E-state index is 12.1. The van der Waals surface area contributed by atoms with Crippen LogP contribution in [-0.4, -0.2) is 21.1 Å². The number of rotatable bonds is 6. The molecule has 0 aromatic carbocycles. The predicted molar refractivity (Wildman–Crippen MR) is 76.9 cm³/mol. The molecule has 2 rings (SSSR count). The molecule has 20 heavy (non-hydrogen) atoms. The maximum atomic E-state index is 12.1. The van der Waals surface area contributed by atoms with Crippen molar-refractivity contribution in [2.24, 2.45) is 5.92 Å². The Balaban J connectivity index is 1.93. The topological polar surface area (TPSA) is 70.7 Å². The van der Waals surface area contributed by atoms with Crippen LogP contribution in [0.3, 0.4) is 0 Å². The molecule has 106 valence electrons. The zero-order valence-corrected chi connectivity index (χ0v) is 11.8. The minimum atomic E-state index is 0.000509. The van der Waals surface area contributed by atoms with Gasteiger partial charge in [-0.1, -0.05) is 19.9 Å². The number of H-pyrrole nitrogens is 1. The highest BCUT2D eigenvalue weighted by Crippen LogP contribution is 2.20. The number of aryl methyl sites for hydroxylation is 1. The smallest absolute Gasteiger partial charge is 0.220 e. The number of hydrogen-bond donors (Lipinski definition) is 2. The summed E-state index contributed by atoms with van der Waals surface area (Å²) in [6.07, 6.45) is 8.26. The largest absolute Gasteiger partial charge is 0.349 e. The van der Waals surface area contributed by atoms with Crippen molar-refractivity contribution in [2.75, 3.05) is 0 Å². The van der Waals surface area contributed by atoms with E-state index in [4.69, 9.17) is 0 Å². The van der Waals surface area contributed by atoms with E-state index in [2.05, 4.69) is 34.3 Å². The number of aromatic amines is 1. The van der Waals surface area contributed by atoms with Gasteiger partial charge in [-0.05, 0) is 29.5 Å². The third-order valence-electron chi connectivity index (χ3n) is 3.22. The van der Waals surface area contributed by atoms with Crippen LogP contribution in [0.5, 0.6) is 0 Å². The second kappa shape index (κ2) is 6.84. The molecular formula is C15H20N4O. The summed E-state index contributed by atoms with van der Waals surface area (Å²) in [6, 6.07) is 3.89. The molecular weight excluding hydrogens is 252 g/mol. The van der Waals surface area contributed by atoms with Crippen molar-refractivity contribution in [1.82, 2.24) is 20.5 Å². The lowest BCUT2D eigenvalue weighted by Gasteiger charge is -2.22. The molecule has 0 spiro atoms. The van der Waals surface area contributed by atoms with Crippen LogP contribution in [0.2, 0.25) is 0 Å². The van der Waals surface area contributed by atoms with E-state index < -0.39 is 0 Å². The minimum absolute atomic E-state index is 0.000509. The monoisotopic (exact) mass is 272 g/mol. The molecule has 0 unspecified atom stereocenters.